The lowest BCUT2D eigenvalue weighted by Crippen LogP contribution is -2.39. The molecule has 1 atom stereocenters. The van der Waals surface area contributed by atoms with Crippen molar-refractivity contribution in [2.75, 3.05) is 13.6 Å². The molecule has 4 heterocycles. The smallest absolute Gasteiger partial charge is 0.336 e. The molecule has 2 aliphatic heterocycles. The molecule has 3 aliphatic rings. The number of aromatic nitrogens is 2. The molecule has 10 nitrogen and oxygen atoms in total. The maximum absolute atomic E-state index is 13.6. The zero-order valence-electron chi connectivity index (χ0n) is 30.5. The molecule has 274 valence electrons. The van der Waals surface area contributed by atoms with E-state index in [1.165, 1.54) is 32.1 Å². The second kappa shape index (κ2) is 14.7. The van der Waals surface area contributed by atoms with Crippen molar-refractivity contribution in [2.24, 2.45) is 5.92 Å². The largest absolute Gasteiger partial charge is 0.478 e. The lowest BCUT2D eigenvalue weighted by atomic mass is 9.84. The Morgan fingerprint density at radius 2 is 1.11 bits per heavy atom. The van der Waals surface area contributed by atoms with Crippen molar-refractivity contribution in [3.63, 3.8) is 0 Å². The topological polar surface area (TPSA) is 129 Å². The zero-order valence-corrected chi connectivity index (χ0v) is 30.5. The fraction of sp³-hybridized carbons (Fsp3) is 0.273. The summed E-state index contributed by atoms with van der Waals surface area (Å²) in [6.07, 6.45) is 6.18. The van der Waals surface area contributed by atoms with E-state index >= 15 is 0 Å². The van der Waals surface area contributed by atoms with Crippen molar-refractivity contribution in [1.29, 1.82) is 0 Å². The molecule has 9 rings (SSSR count). The van der Waals surface area contributed by atoms with Crippen molar-refractivity contribution in [1.82, 2.24) is 15.3 Å². The van der Waals surface area contributed by atoms with Gasteiger partial charge < -0.3 is 29.4 Å². The molecule has 1 fully saturated rings. The van der Waals surface area contributed by atoms with Crippen LogP contribution in [0.15, 0.2) is 84.9 Å². The first-order valence-corrected chi connectivity index (χ1v) is 18.4. The summed E-state index contributed by atoms with van der Waals surface area (Å²) in [5.74, 6) is 1.99. The number of aromatic carboxylic acids is 1. The van der Waals surface area contributed by atoms with E-state index in [1.54, 1.807) is 19.1 Å². The summed E-state index contributed by atoms with van der Waals surface area (Å²) in [5, 5.41) is 14.3. The van der Waals surface area contributed by atoms with Gasteiger partial charge in [0.05, 0.1) is 33.5 Å². The van der Waals surface area contributed by atoms with E-state index in [2.05, 4.69) is 17.2 Å². The Morgan fingerprint density at radius 1 is 0.667 bits per heavy atom. The minimum Gasteiger partial charge on any atom is -0.478 e. The predicted molar refractivity (Wildman–Crippen MR) is 207 cm³/mol. The van der Waals surface area contributed by atoms with Crippen LogP contribution in [-0.4, -0.2) is 46.6 Å². The molecule has 1 aliphatic carbocycles. The number of nitrogens with one attached hydrogen (secondary N) is 1. The number of rotatable bonds is 6. The van der Waals surface area contributed by atoms with Gasteiger partial charge in [-0.2, -0.15) is 0 Å². The summed E-state index contributed by atoms with van der Waals surface area (Å²) in [5.41, 5.74) is 7.11. The van der Waals surface area contributed by atoms with Crippen LogP contribution in [0.3, 0.4) is 0 Å². The Labute approximate surface area is 313 Å². The molecule has 1 amide bonds. The van der Waals surface area contributed by atoms with Gasteiger partial charge in [-0.3, -0.25) is 4.79 Å². The van der Waals surface area contributed by atoms with Gasteiger partial charge in [-0.1, -0.05) is 79.9 Å². The summed E-state index contributed by atoms with van der Waals surface area (Å²) in [4.78, 5) is 35.0. The number of ether oxygens (including phenoxy) is 4. The Bertz CT molecular complexity index is 2390. The van der Waals surface area contributed by atoms with Gasteiger partial charge in [0.2, 0.25) is 13.6 Å². The average molecular weight is 724 g/mol. The molecule has 0 bridgehead atoms. The standard InChI is InChI=1S/C26H28N2O3.C18H13NO4/c1-16-24(26(29)27-17(2)18-9-5-3-6-10-18)20-13-22-23(31-15-30-22)14-21(20)28-25(16)19-11-7-4-8-12-19;1-10-16(18(20)21)12-7-14-15(23-9-22-14)8-13(12)19-17(10)11-5-3-2-4-6-11/h4,7-8,11-14,17-18H,3,5-6,9-10,15H2,1-2H3,(H,27,29);2-8H,9H2,1H3,(H,20,21)/t17-;/m0./s1. The fourth-order valence-electron chi connectivity index (χ4n) is 7.85. The molecule has 2 aromatic heterocycles. The molecule has 54 heavy (non-hydrogen) atoms. The number of benzene rings is 4. The van der Waals surface area contributed by atoms with E-state index in [9.17, 15) is 14.7 Å². The van der Waals surface area contributed by atoms with Crippen LogP contribution in [-0.2, 0) is 0 Å². The molecule has 6 aromatic rings. The van der Waals surface area contributed by atoms with E-state index in [1.807, 2.05) is 79.7 Å². The van der Waals surface area contributed by atoms with Crippen molar-refractivity contribution in [3.8, 4) is 45.5 Å². The first-order valence-electron chi connectivity index (χ1n) is 18.4. The number of carboxylic acid groups (broad SMARTS) is 1. The quantitative estimate of drug-likeness (QED) is 0.173. The Hall–Kier alpha value is -6.16. The monoisotopic (exact) mass is 723 g/mol. The number of hydrogen-bond acceptors (Lipinski definition) is 8. The molecule has 4 aromatic carbocycles. The number of amides is 1. The average Bonchev–Trinajstić information content (AvgIpc) is 3.86. The summed E-state index contributed by atoms with van der Waals surface area (Å²) < 4.78 is 21.9. The van der Waals surface area contributed by atoms with Crippen molar-refractivity contribution < 1.29 is 33.6 Å². The molecule has 0 spiro atoms. The van der Waals surface area contributed by atoms with E-state index in [0.717, 1.165) is 33.3 Å². The highest BCUT2D eigenvalue weighted by Gasteiger charge is 2.27. The third-order valence-electron chi connectivity index (χ3n) is 10.7. The van der Waals surface area contributed by atoms with Gasteiger partial charge in [-0.25, -0.2) is 14.8 Å². The van der Waals surface area contributed by atoms with E-state index in [0.29, 0.717) is 56.6 Å². The van der Waals surface area contributed by atoms with Crippen LogP contribution >= 0.6 is 0 Å². The van der Waals surface area contributed by atoms with Crippen LogP contribution < -0.4 is 24.3 Å². The molecular weight excluding hydrogens is 682 g/mol. The Balaban J connectivity index is 0.000000160. The van der Waals surface area contributed by atoms with Gasteiger partial charge in [-0.15, -0.1) is 0 Å². The van der Waals surface area contributed by atoms with Crippen LogP contribution in [0.5, 0.6) is 23.0 Å². The summed E-state index contributed by atoms with van der Waals surface area (Å²) in [6.45, 7) is 6.23. The zero-order chi connectivity index (χ0) is 37.3. The second-order valence-corrected chi connectivity index (χ2v) is 14.1. The first-order chi connectivity index (χ1) is 26.3. The number of carbonyl (C=O) groups excluding carboxylic acids is 1. The minimum absolute atomic E-state index is 0.0426. The fourth-order valence-corrected chi connectivity index (χ4v) is 7.85. The van der Waals surface area contributed by atoms with Crippen LogP contribution in [0.2, 0.25) is 0 Å². The van der Waals surface area contributed by atoms with Gasteiger partial charge >= 0.3 is 5.97 Å². The third kappa shape index (κ3) is 6.64. The van der Waals surface area contributed by atoms with Crippen LogP contribution in [0, 0.1) is 19.8 Å². The third-order valence-corrected chi connectivity index (χ3v) is 10.7. The molecule has 1 saturated carbocycles. The molecule has 10 heteroatoms. The predicted octanol–water partition coefficient (Wildman–Crippen LogP) is 9.27. The Kier molecular flexibility index (Phi) is 9.50. The summed E-state index contributed by atoms with van der Waals surface area (Å²) >= 11 is 0. The van der Waals surface area contributed by atoms with E-state index in [4.69, 9.17) is 23.9 Å². The summed E-state index contributed by atoms with van der Waals surface area (Å²) in [7, 11) is 0. The highest BCUT2D eigenvalue weighted by molar-refractivity contribution is 6.10. The SMILES string of the molecule is Cc1c(-c2ccccc2)nc2cc3c(cc2c1C(=O)N[C@@H](C)C1CCCCC1)OCO3.Cc1c(-c2ccccc2)nc2cc3c(cc2c1C(=O)O)OCO3. The van der Waals surface area contributed by atoms with Gasteiger partial charge in [-0.05, 0) is 62.8 Å². The molecule has 0 saturated heterocycles. The number of carbonyl (C=O) groups is 2. The maximum atomic E-state index is 13.6. The molecular formula is C44H41N3O7. The molecule has 2 N–H and O–H groups in total. The van der Waals surface area contributed by atoms with Crippen LogP contribution in [0.25, 0.3) is 44.3 Å². The number of nitrogens with zero attached hydrogens (tertiary/aromatic N) is 2. The van der Waals surface area contributed by atoms with E-state index in [-0.39, 0.29) is 31.1 Å². The van der Waals surface area contributed by atoms with Gasteiger partial charge in [0.25, 0.3) is 5.91 Å². The highest BCUT2D eigenvalue weighted by atomic mass is 16.7. The van der Waals surface area contributed by atoms with Gasteiger partial charge in [0, 0.05) is 40.1 Å². The van der Waals surface area contributed by atoms with Crippen molar-refractivity contribution in [3.05, 3.63) is 107 Å². The second-order valence-electron chi connectivity index (χ2n) is 14.1. The maximum Gasteiger partial charge on any atom is 0.336 e. The van der Waals surface area contributed by atoms with Crippen LogP contribution in [0.4, 0.5) is 0 Å². The van der Waals surface area contributed by atoms with Crippen molar-refractivity contribution >= 4 is 33.7 Å². The molecule has 0 unspecified atom stereocenters. The van der Waals surface area contributed by atoms with E-state index < -0.39 is 5.97 Å². The number of pyridine rings is 2. The number of fused-ring (bicyclic) bond motifs is 4. The number of carboxylic acids is 1. The first kappa shape index (κ1) is 34.9. The lowest BCUT2D eigenvalue weighted by molar-refractivity contribution is 0.0697. The minimum atomic E-state index is -0.981. The molecule has 0 radical (unpaired) electrons. The van der Waals surface area contributed by atoms with Gasteiger partial charge in [0.15, 0.2) is 23.0 Å². The van der Waals surface area contributed by atoms with Crippen molar-refractivity contribution in [2.45, 2.75) is 58.9 Å². The van der Waals surface area contributed by atoms with Crippen LogP contribution in [0.1, 0.15) is 70.9 Å². The Morgan fingerprint density at radius 3 is 1.59 bits per heavy atom. The van der Waals surface area contributed by atoms with Gasteiger partial charge in [0.1, 0.15) is 0 Å². The summed E-state index contributed by atoms with van der Waals surface area (Å²) in [6, 6.07) is 26.9. The normalized spacial score (nSPS) is 15.1. The number of hydrogen-bond donors (Lipinski definition) is 2. The lowest BCUT2D eigenvalue weighted by Gasteiger charge is -2.28. The highest BCUT2D eigenvalue weighted by Crippen LogP contribution is 2.41.